The predicted molar refractivity (Wildman–Crippen MR) is 94.4 cm³/mol. The Bertz CT molecular complexity index is 590. The molecule has 0 bridgehead atoms. The molecule has 1 fully saturated rings. The lowest BCUT2D eigenvalue weighted by atomic mass is 9.72. The molecule has 128 valence electrons. The van der Waals surface area contributed by atoms with Crippen molar-refractivity contribution in [3.8, 4) is 0 Å². The number of nitrogens with one attached hydrogen (secondary N) is 1. The third kappa shape index (κ3) is 4.07. The van der Waals surface area contributed by atoms with Gasteiger partial charge in [0.1, 0.15) is 13.7 Å². The van der Waals surface area contributed by atoms with E-state index in [1.54, 1.807) is 18.3 Å². The topological polar surface area (TPSA) is 88.3 Å². The highest BCUT2D eigenvalue weighted by Gasteiger charge is 2.47. The van der Waals surface area contributed by atoms with Crippen molar-refractivity contribution in [1.29, 1.82) is 0 Å². The summed E-state index contributed by atoms with van der Waals surface area (Å²) in [6, 6.07) is 3.23. The van der Waals surface area contributed by atoms with E-state index in [4.69, 9.17) is 13.6 Å². The number of β-lactam (4-membered cyclic amide) rings is 1. The van der Waals surface area contributed by atoms with Crippen molar-refractivity contribution in [2.75, 3.05) is 5.73 Å². The number of hydrogen-bond acceptors (Lipinski definition) is 4. The van der Waals surface area contributed by atoms with Crippen LogP contribution in [0.4, 0.5) is 10.6 Å². The molecule has 6 nitrogen and oxygen atoms in total. The lowest BCUT2D eigenvalue weighted by molar-refractivity contribution is -0.145. The minimum atomic E-state index is -0.601. The maximum absolute atomic E-state index is 12.3. The van der Waals surface area contributed by atoms with E-state index in [2.05, 4.69) is 24.1 Å². The van der Waals surface area contributed by atoms with Gasteiger partial charge in [-0.3, -0.25) is 9.69 Å². The monoisotopic (exact) mass is 328 g/mol. The lowest BCUT2D eigenvalue weighted by Crippen LogP contribution is -2.66. The highest BCUT2D eigenvalue weighted by Crippen LogP contribution is 2.28. The molecule has 0 aromatic carbocycles. The number of aromatic nitrogens is 1. The van der Waals surface area contributed by atoms with Gasteiger partial charge in [0.15, 0.2) is 0 Å². The van der Waals surface area contributed by atoms with Crippen LogP contribution >= 0.6 is 0 Å². The molecule has 2 radical (unpaired) electrons. The first kappa shape index (κ1) is 18.3. The molecule has 0 aliphatic carbocycles. The first-order valence-corrected chi connectivity index (χ1v) is 8.57. The number of urea groups is 1. The van der Waals surface area contributed by atoms with Crippen molar-refractivity contribution in [3.63, 3.8) is 0 Å². The molecule has 3 amide bonds. The normalized spacial score (nSPS) is 20.1. The second kappa shape index (κ2) is 8.17. The van der Waals surface area contributed by atoms with E-state index >= 15 is 0 Å². The summed E-state index contributed by atoms with van der Waals surface area (Å²) in [5, 5.41) is 2.93. The van der Waals surface area contributed by atoms with Gasteiger partial charge in [-0.15, -0.1) is 0 Å². The van der Waals surface area contributed by atoms with Crippen LogP contribution in [0.5, 0.6) is 0 Å². The molecular formula is C17H25BN4O2. The fraction of sp³-hybridized carbons (Fsp3) is 0.588. The number of pyridine rings is 1. The summed E-state index contributed by atoms with van der Waals surface area (Å²) in [5.41, 5.74) is 6.54. The van der Waals surface area contributed by atoms with E-state index in [0.717, 1.165) is 36.1 Å². The summed E-state index contributed by atoms with van der Waals surface area (Å²) in [6.07, 6.45) is 5.83. The molecule has 1 aromatic heterocycles. The molecular weight excluding hydrogens is 303 g/mol. The second-order valence-corrected chi connectivity index (χ2v) is 6.32. The summed E-state index contributed by atoms with van der Waals surface area (Å²) < 4.78 is 0. The number of carbonyl (C=O) groups is 2. The van der Waals surface area contributed by atoms with Gasteiger partial charge in [-0.25, -0.2) is 9.78 Å². The van der Waals surface area contributed by atoms with Crippen molar-refractivity contribution in [2.45, 2.75) is 57.9 Å². The molecule has 3 N–H and O–H groups in total. The Hall–Kier alpha value is -2.05. The number of anilines is 1. The summed E-state index contributed by atoms with van der Waals surface area (Å²) in [5.74, 6) is -0.823. The van der Waals surface area contributed by atoms with Crippen LogP contribution in [0.2, 0.25) is 0 Å². The van der Waals surface area contributed by atoms with Crippen LogP contribution in [-0.2, 0) is 11.2 Å². The van der Waals surface area contributed by atoms with Crippen LogP contribution in [0.1, 0.15) is 45.1 Å². The smallest absolute Gasteiger partial charge is 0.323 e. The molecule has 0 saturated carbocycles. The van der Waals surface area contributed by atoms with E-state index < -0.39 is 11.9 Å². The van der Waals surface area contributed by atoms with Gasteiger partial charge >= 0.3 is 6.03 Å². The summed E-state index contributed by atoms with van der Waals surface area (Å²) >= 11 is 0. The van der Waals surface area contributed by atoms with Crippen molar-refractivity contribution in [1.82, 2.24) is 15.2 Å². The van der Waals surface area contributed by atoms with Crippen LogP contribution in [-0.4, -0.2) is 41.7 Å². The van der Waals surface area contributed by atoms with E-state index in [1.807, 2.05) is 0 Å². The number of amides is 3. The number of rotatable bonds is 7. The average Bonchev–Trinajstić information content (AvgIpc) is 2.53. The average molecular weight is 328 g/mol. The number of hydrogen-bond donors (Lipinski definition) is 2. The molecule has 1 unspecified atom stereocenters. The molecule has 2 heterocycles. The predicted octanol–water partition coefficient (Wildman–Crippen LogP) is 1.84. The molecule has 2 rings (SSSR count). The van der Waals surface area contributed by atoms with Crippen molar-refractivity contribution in [2.24, 2.45) is 5.92 Å². The van der Waals surface area contributed by atoms with Gasteiger partial charge in [0, 0.05) is 18.2 Å². The SMILES string of the molecule is [B]C1[C@@H](Cc2ccnc(N)c2)C(=O)N1C(=O)NC(CCC)CCC. The van der Waals surface area contributed by atoms with Crippen LogP contribution in [0.3, 0.4) is 0 Å². The zero-order valence-electron chi connectivity index (χ0n) is 14.4. The van der Waals surface area contributed by atoms with Gasteiger partial charge < -0.3 is 11.1 Å². The summed E-state index contributed by atoms with van der Waals surface area (Å²) in [4.78, 5) is 29.7. The molecule has 1 saturated heterocycles. The van der Waals surface area contributed by atoms with Gasteiger partial charge in [-0.1, -0.05) is 26.7 Å². The Kier molecular flexibility index (Phi) is 6.23. The van der Waals surface area contributed by atoms with Gasteiger partial charge in [0.25, 0.3) is 0 Å². The minimum absolute atomic E-state index is 0.0894. The number of carbonyl (C=O) groups excluding carboxylic acids is 2. The third-order valence-corrected chi connectivity index (χ3v) is 4.39. The maximum Gasteiger partial charge on any atom is 0.323 e. The Morgan fingerprint density at radius 2 is 2.08 bits per heavy atom. The molecule has 24 heavy (non-hydrogen) atoms. The molecule has 0 spiro atoms. The Balaban J connectivity index is 1.94. The zero-order valence-corrected chi connectivity index (χ0v) is 14.4. The molecule has 1 aliphatic rings. The highest BCUT2D eigenvalue weighted by atomic mass is 16.2. The zero-order chi connectivity index (χ0) is 17.7. The van der Waals surface area contributed by atoms with E-state index in [0.29, 0.717) is 12.2 Å². The van der Waals surface area contributed by atoms with Crippen molar-refractivity contribution < 1.29 is 9.59 Å². The molecule has 1 aliphatic heterocycles. The summed E-state index contributed by atoms with van der Waals surface area (Å²) in [6.45, 7) is 4.15. The van der Waals surface area contributed by atoms with E-state index in [9.17, 15) is 9.59 Å². The number of imide groups is 1. The fourth-order valence-corrected chi connectivity index (χ4v) is 3.12. The summed E-state index contributed by atoms with van der Waals surface area (Å²) in [7, 11) is 6.07. The van der Waals surface area contributed by atoms with Crippen LogP contribution in [0.25, 0.3) is 0 Å². The van der Waals surface area contributed by atoms with E-state index in [1.165, 1.54) is 0 Å². The first-order chi connectivity index (χ1) is 11.5. The molecule has 2 atom stereocenters. The molecule has 7 heteroatoms. The Labute approximate surface area is 144 Å². The maximum atomic E-state index is 12.3. The van der Waals surface area contributed by atoms with Gasteiger partial charge in [0.2, 0.25) is 5.91 Å². The number of nitrogens with zero attached hydrogens (tertiary/aromatic N) is 2. The lowest BCUT2D eigenvalue weighted by Gasteiger charge is -2.45. The van der Waals surface area contributed by atoms with Crippen molar-refractivity contribution >= 4 is 25.6 Å². The Morgan fingerprint density at radius 3 is 2.62 bits per heavy atom. The van der Waals surface area contributed by atoms with Crippen LogP contribution in [0.15, 0.2) is 18.3 Å². The second-order valence-electron chi connectivity index (χ2n) is 6.32. The standard InChI is InChI=1S/C17H25BN4O2/c1-3-5-12(6-4-2)21-17(24)22-15(18)13(16(22)23)9-11-7-8-20-14(19)10-11/h7-8,10,12-13,15H,3-6,9H2,1-2H3,(H2,19,20)(H,21,24)/t13-,15?/m1/s1. The quantitative estimate of drug-likeness (QED) is 0.590. The van der Waals surface area contributed by atoms with Gasteiger partial charge in [-0.2, -0.15) is 0 Å². The van der Waals surface area contributed by atoms with Crippen molar-refractivity contribution in [3.05, 3.63) is 23.9 Å². The number of nitrogens with two attached hydrogens (primary N) is 1. The largest absolute Gasteiger partial charge is 0.384 e. The Morgan fingerprint density at radius 1 is 1.42 bits per heavy atom. The number of likely N-dealkylation sites (tertiary alicyclic amines) is 1. The first-order valence-electron chi connectivity index (χ1n) is 8.57. The van der Waals surface area contributed by atoms with Crippen LogP contribution < -0.4 is 11.1 Å². The fourth-order valence-electron chi connectivity index (χ4n) is 3.12. The van der Waals surface area contributed by atoms with Gasteiger partial charge in [0.05, 0.1) is 5.92 Å². The van der Waals surface area contributed by atoms with E-state index in [-0.39, 0.29) is 18.0 Å². The minimum Gasteiger partial charge on any atom is -0.384 e. The molecule has 1 aromatic rings. The van der Waals surface area contributed by atoms with Crippen LogP contribution in [0, 0.1) is 5.92 Å². The van der Waals surface area contributed by atoms with Gasteiger partial charge in [-0.05, 0) is 37.0 Å². The number of nitrogen functional groups attached to an aromatic ring is 1. The highest BCUT2D eigenvalue weighted by molar-refractivity contribution is 6.22. The third-order valence-electron chi connectivity index (χ3n) is 4.39.